The van der Waals surface area contributed by atoms with Gasteiger partial charge < -0.3 is 4.74 Å². The third-order valence-electron chi connectivity index (χ3n) is 3.07. The van der Waals surface area contributed by atoms with Crippen molar-refractivity contribution in [1.29, 1.82) is 0 Å². The number of pyridine rings is 1. The molecule has 2 heterocycles. The highest BCUT2D eigenvalue weighted by Crippen LogP contribution is 2.33. The standard InChI is InChI=1S/C14H9ClFN3O2/c1-21-11-4-2-8(6-10(11)16)13-14(18-20)19-7-9(15)3-5-12(19)17-13/h2-7H,1H3. The number of imidazole rings is 1. The number of nitroso groups, excluding NO2 is 1. The number of methoxy groups -OCH3 is 1. The van der Waals surface area contributed by atoms with Gasteiger partial charge in [0.2, 0.25) is 5.82 Å². The Labute approximate surface area is 123 Å². The molecule has 0 bridgehead atoms. The Bertz CT molecular complexity index is 848. The van der Waals surface area contributed by atoms with Crippen LogP contribution < -0.4 is 4.74 Å². The summed E-state index contributed by atoms with van der Waals surface area (Å²) in [6.45, 7) is 0. The molecule has 1 aromatic carbocycles. The van der Waals surface area contributed by atoms with E-state index in [4.69, 9.17) is 16.3 Å². The van der Waals surface area contributed by atoms with E-state index >= 15 is 0 Å². The summed E-state index contributed by atoms with van der Waals surface area (Å²) in [4.78, 5) is 15.4. The number of hydrogen-bond donors (Lipinski definition) is 0. The fourth-order valence-corrected chi connectivity index (χ4v) is 2.26. The topological polar surface area (TPSA) is 56.0 Å². The fraction of sp³-hybridized carbons (Fsp3) is 0.0714. The molecule has 0 spiro atoms. The lowest BCUT2D eigenvalue weighted by Crippen LogP contribution is -1.89. The maximum absolute atomic E-state index is 13.8. The highest BCUT2D eigenvalue weighted by atomic mass is 35.5. The van der Waals surface area contributed by atoms with Gasteiger partial charge in [0, 0.05) is 11.8 Å². The molecule has 0 aliphatic heterocycles. The maximum Gasteiger partial charge on any atom is 0.209 e. The molecule has 3 rings (SSSR count). The minimum atomic E-state index is -0.540. The van der Waals surface area contributed by atoms with Gasteiger partial charge in [-0.1, -0.05) is 11.6 Å². The molecule has 0 atom stereocenters. The first-order valence-corrected chi connectivity index (χ1v) is 6.36. The van der Waals surface area contributed by atoms with Crippen molar-refractivity contribution in [3.05, 3.63) is 52.3 Å². The Hall–Kier alpha value is -2.47. The van der Waals surface area contributed by atoms with Gasteiger partial charge in [0.1, 0.15) is 11.3 Å². The fourth-order valence-electron chi connectivity index (χ4n) is 2.10. The zero-order chi connectivity index (χ0) is 15.0. The van der Waals surface area contributed by atoms with Crippen LogP contribution in [0.2, 0.25) is 5.02 Å². The Balaban J connectivity index is 2.24. The number of hydrogen-bond acceptors (Lipinski definition) is 4. The van der Waals surface area contributed by atoms with Crippen molar-refractivity contribution in [1.82, 2.24) is 9.38 Å². The normalized spacial score (nSPS) is 10.8. The number of fused-ring (bicyclic) bond motifs is 1. The van der Waals surface area contributed by atoms with E-state index in [2.05, 4.69) is 10.2 Å². The second-order valence-electron chi connectivity index (χ2n) is 4.30. The molecule has 0 radical (unpaired) electrons. The SMILES string of the molecule is COc1ccc(-c2nc3ccc(Cl)cn3c2N=O)cc1F. The van der Waals surface area contributed by atoms with Crippen LogP contribution in [-0.2, 0) is 0 Å². The Morgan fingerprint density at radius 1 is 1.33 bits per heavy atom. The molecule has 0 fully saturated rings. The highest BCUT2D eigenvalue weighted by Gasteiger charge is 2.16. The summed E-state index contributed by atoms with van der Waals surface area (Å²) in [6.07, 6.45) is 1.53. The van der Waals surface area contributed by atoms with Gasteiger partial charge in [-0.15, -0.1) is 4.91 Å². The summed E-state index contributed by atoms with van der Waals surface area (Å²) < 4.78 is 20.1. The molecule has 0 N–H and O–H groups in total. The van der Waals surface area contributed by atoms with Crippen molar-refractivity contribution >= 4 is 23.1 Å². The molecule has 0 saturated carbocycles. The quantitative estimate of drug-likeness (QED) is 0.681. The Kier molecular flexibility index (Phi) is 3.31. The van der Waals surface area contributed by atoms with Crippen molar-refractivity contribution in [3.8, 4) is 17.0 Å². The summed E-state index contributed by atoms with van der Waals surface area (Å²) in [6, 6.07) is 7.63. The average Bonchev–Trinajstić information content (AvgIpc) is 2.84. The lowest BCUT2D eigenvalue weighted by Gasteiger charge is -2.03. The van der Waals surface area contributed by atoms with Gasteiger partial charge >= 0.3 is 0 Å². The summed E-state index contributed by atoms with van der Waals surface area (Å²) in [5, 5.41) is 3.43. The molecule has 0 saturated heterocycles. The van der Waals surface area contributed by atoms with Crippen LogP contribution >= 0.6 is 11.6 Å². The van der Waals surface area contributed by atoms with Gasteiger partial charge in [0.15, 0.2) is 11.6 Å². The van der Waals surface area contributed by atoms with Gasteiger partial charge in [-0.2, -0.15) is 0 Å². The van der Waals surface area contributed by atoms with Crippen LogP contribution in [0.4, 0.5) is 10.2 Å². The van der Waals surface area contributed by atoms with E-state index < -0.39 is 5.82 Å². The molecular weight excluding hydrogens is 297 g/mol. The molecule has 0 aliphatic carbocycles. The van der Waals surface area contributed by atoms with Crippen LogP contribution in [0.5, 0.6) is 5.75 Å². The van der Waals surface area contributed by atoms with E-state index in [0.717, 1.165) is 0 Å². The Morgan fingerprint density at radius 2 is 2.14 bits per heavy atom. The van der Waals surface area contributed by atoms with Crippen molar-refractivity contribution in [2.75, 3.05) is 7.11 Å². The van der Waals surface area contributed by atoms with Gasteiger partial charge in [-0.05, 0) is 35.5 Å². The van der Waals surface area contributed by atoms with Crippen LogP contribution in [0.1, 0.15) is 0 Å². The van der Waals surface area contributed by atoms with Crippen molar-refractivity contribution in [2.45, 2.75) is 0 Å². The monoisotopic (exact) mass is 305 g/mol. The lowest BCUT2D eigenvalue weighted by atomic mass is 10.1. The zero-order valence-electron chi connectivity index (χ0n) is 10.9. The third kappa shape index (κ3) is 2.23. The number of aromatic nitrogens is 2. The maximum atomic E-state index is 13.8. The first-order chi connectivity index (χ1) is 10.1. The minimum Gasteiger partial charge on any atom is -0.494 e. The van der Waals surface area contributed by atoms with Crippen LogP contribution in [0.15, 0.2) is 41.7 Å². The molecule has 0 aliphatic rings. The van der Waals surface area contributed by atoms with Crippen LogP contribution in [0.25, 0.3) is 16.9 Å². The van der Waals surface area contributed by atoms with E-state index in [0.29, 0.717) is 16.2 Å². The third-order valence-corrected chi connectivity index (χ3v) is 3.29. The van der Waals surface area contributed by atoms with Gasteiger partial charge in [0.05, 0.1) is 12.1 Å². The summed E-state index contributed by atoms with van der Waals surface area (Å²) >= 11 is 5.90. The lowest BCUT2D eigenvalue weighted by molar-refractivity contribution is 0.386. The molecule has 3 aromatic rings. The molecule has 0 amide bonds. The number of rotatable bonds is 3. The molecule has 106 valence electrons. The van der Waals surface area contributed by atoms with Gasteiger partial charge in [-0.25, -0.2) is 9.37 Å². The van der Waals surface area contributed by atoms with Crippen molar-refractivity contribution in [2.24, 2.45) is 5.18 Å². The second kappa shape index (κ2) is 5.14. The number of halogens is 2. The van der Waals surface area contributed by atoms with E-state index in [9.17, 15) is 9.30 Å². The first-order valence-electron chi connectivity index (χ1n) is 5.99. The molecular formula is C14H9ClFN3O2. The zero-order valence-corrected chi connectivity index (χ0v) is 11.6. The predicted octanol–water partition coefficient (Wildman–Crippen LogP) is 4.20. The number of benzene rings is 1. The number of ether oxygens (including phenoxy) is 1. The number of nitrogens with zero attached hydrogens (tertiary/aromatic N) is 3. The first kappa shape index (κ1) is 13.5. The summed E-state index contributed by atoms with van der Waals surface area (Å²) in [5.41, 5.74) is 1.22. The van der Waals surface area contributed by atoms with E-state index in [1.807, 2.05) is 0 Å². The van der Waals surface area contributed by atoms with Crippen LogP contribution in [0.3, 0.4) is 0 Å². The second-order valence-corrected chi connectivity index (χ2v) is 4.74. The minimum absolute atomic E-state index is 0.0667. The molecule has 2 aromatic heterocycles. The van der Waals surface area contributed by atoms with Crippen LogP contribution in [-0.4, -0.2) is 16.5 Å². The van der Waals surface area contributed by atoms with Crippen LogP contribution in [0, 0.1) is 10.7 Å². The summed E-state index contributed by atoms with van der Waals surface area (Å²) in [7, 11) is 1.38. The van der Waals surface area contributed by atoms with E-state index in [1.165, 1.54) is 29.8 Å². The van der Waals surface area contributed by atoms with Gasteiger partial charge in [0.25, 0.3) is 0 Å². The Morgan fingerprint density at radius 3 is 2.81 bits per heavy atom. The molecule has 21 heavy (non-hydrogen) atoms. The van der Waals surface area contributed by atoms with E-state index in [-0.39, 0.29) is 17.3 Å². The van der Waals surface area contributed by atoms with Crippen molar-refractivity contribution in [3.63, 3.8) is 0 Å². The average molecular weight is 306 g/mol. The molecule has 0 unspecified atom stereocenters. The largest absolute Gasteiger partial charge is 0.494 e. The smallest absolute Gasteiger partial charge is 0.209 e. The highest BCUT2D eigenvalue weighted by molar-refractivity contribution is 6.30. The van der Waals surface area contributed by atoms with Crippen molar-refractivity contribution < 1.29 is 9.13 Å². The summed E-state index contributed by atoms with van der Waals surface area (Å²) in [5.74, 6) is -0.356. The molecule has 5 nitrogen and oxygen atoms in total. The molecule has 7 heteroatoms. The van der Waals surface area contributed by atoms with Gasteiger partial charge in [-0.3, -0.25) is 4.40 Å². The predicted molar refractivity (Wildman–Crippen MR) is 77.6 cm³/mol. The van der Waals surface area contributed by atoms with E-state index in [1.54, 1.807) is 18.2 Å².